The zero-order valence-corrected chi connectivity index (χ0v) is 13.9. The van der Waals surface area contributed by atoms with Gasteiger partial charge in [0.1, 0.15) is 0 Å². The van der Waals surface area contributed by atoms with Gasteiger partial charge in [0.25, 0.3) is 0 Å². The molecule has 5 heteroatoms. The zero-order valence-electron chi connectivity index (χ0n) is 12.3. The first-order chi connectivity index (χ1) is 8.93. The van der Waals surface area contributed by atoms with Crippen LogP contribution in [-0.4, -0.2) is 21.1 Å². The van der Waals surface area contributed by atoms with Gasteiger partial charge in [0, 0.05) is 6.54 Å². The summed E-state index contributed by atoms with van der Waals surface area (Å²) in [5, 5.41) is 4.51. The Morgan fingerprint density at radius 1 is 1.32 bits per heavy atom. The van der Waals surface area contributed by atoms with Crippen molar-refractivity contribution in [2.75, 3.05) is 0 Å². The van der Waals surface area contributed by atoms with Gasteiger partial charge in [0.2, 0.25) is 0 Å². The monoisotopic (exact) mass is 329 g/mol. The number of nitrogens with two attached hydrogens (primary N) is 1. The molecule has 0 atom stereocenters. The Hall–Kier alpha value is -0.680. The Labute approximate surface area is 123 Å². The maximum absolute atomic E-state index is 12.4. The number of nitrogens with zero attached hydrogens (tertiary/aromatic N) is 2. The van der Waals surface area contributed by atoms with Gasteiger partial charge >= 0.3 is 0 Å². The molecule has 0 saturated carbocycles. The van der Waals surface area contributed by atoms with Crippen LogP contribution in [-0.2, 0) is 24.2 Å². The minimum atomic E-state index is -0.714. The number of halogens is 1. The van der Waals surface area contributed by atoms with Crippen molar-refractivity contribution in [3.63, 3.8) is 0 Å². The number of hydrogen-bond donors (Lipinski definition) is 1. The second-order valence-corrected chi connectivity index (χ2v) is 5.63. The molecule has 0 aromatic carbocycles. The predicted octanol–water partition coefficient (Wildman–Crippen LogP) is 2.86. The molecule has 1 aromatic heterocycles. The molecule has 1 heterocycles. The van der Waals surface area contributed by atoms with Crippen molar-refractivity contribution in [3.05, 3.63) is 15.9 Å². The molecular weight excluding hydrogens is 306 g/mol. The van der Waals surface area contributed by atoms with Gasteiger partial charge in [0.05, 0.1) is 27.8 Å². The number of aromatic nitrogens is 2. The van der Waals surface area contributed by atoms with Crippen molar-refractivity contribution in [1.82, 2.24) is 9.78 Å². The van der Waals surface area contributed by atoms with Crippen LogP contribution in [0.4, 0.5) is 0 Å². The van der Waals surface area contributed by atoms with E-state index in [0.717, 1.165) is 28.8 Å². The summed E-state index contributed by atoms with van der Waals surface area (Å²) >= 11 is 3.57. The summed E-state index contributed by atoms with van der Waals surface area (Å²) in [7, 11) is 0. The highest BCUT2D eigenvalue weighted by molar-refractivity contribution is 9.10. The molecule has 0 aliphatic heterocycles. The zero-order chi connectivity index (χ0) is 14.6. The molecule has 108 valence electrons. The molecule has 0 saturated heterocycles. The van der Waals surface area contributed by atoms with Crippen molar-refractivity contribution < 1.29 is 4.79 Å². The molecule has 0 spiro atoms. The highest BCUT2D eigenvalue weighted by atomic mass is 79.9. The third kappa shape index (κ3) is 3.26. The van der Waals surface area contributed by atoms with E-state index in [2.05, 4.69) is 28.0 Å². The molecular formula is C14H24BrN3O. The highest BCUT2D eigenvalue weighted by Crippen LogP contribution is 2.25. The SMILES string of the molecule is CCc1nn(CC)c(CC(=O)C(N)(CC)CC)c1Br. The Balaban J connectivity index is 3.05. The molecule has 1 rings (SSSR count). The van der Waals surface area contributed by atoms with Crippen molar-refractivity contribution in [2.45, 2.75) is 65.5 Å². The van der Waals surface area contributed by atoms with Gasteiger partial charge in [-0.2, -0.15) is 5.10 Å². The van der Waals surface area contributed by atoms with Gasteiger partial charge in [-0.15, -0.1) is 0 Å². The van der Waals surface area contributed by atoms with Gasteiger partial charge in [-0.1, -0.05) is 20.8 Å². The van der Waals surface area contributed by atoms with E-state index in [9.17, 15) is 4.79 Å². The van der Waals surface area contributed by atoms with E-state index < -0.39 is 5.54 Å². The van der Waals surface area contributed by atoms with Gasteiger partial charge in [0.15, 0.2) is 5.78 Å². The third-order valence-electron chi connectivity index (χ3n) is 3.84. The van der Waals surface area contributed by atoms with Crippen molar-refractivity contribution in [1.29, 1.82) is 0 Å². The van der Waals surface area contributed by atoms with Gasteiger partial charge in [-0.25, -0.2) is 0 Å². The fourth-order valence-corrected chi connectivity index (χ4v) is 2.86. The van der Waals surface area contributed by atoms with E-state index in [4.69, 9.17) is 5.73 Å². The molecule has 2 N–H and O–H groups in total. The molecule has 0 aliphatic carbocycles. The van der Waals surface area contributed by atoms with Crippen molar-refractivity contribution >= 4 is 21.7 Å². The lowest BCUT2D eigenvalue weighted by Gasteiger charge is -2.25. The average molecular weight is 330 g/mol. The Morgan fingerprint density at radius 2 is 1.89 bits per heavy atom. The number of carbonyl (C=O) groups is 1. The van der Waals surface area contributed by atoms with Crippen LogP contribution >= 0.6 is 15.9 Å². The van der Waals surface area contributed by atoms with Gasteiger partial charge in [-0.05, 0) is 42.1 Å². The Kier molecular flexibility index (Phi) is 5.74. The van der Waals surface area contributed by atoms with Crippen molar-refractivity contribution in [3.8, 4) is 0 Å². The van der Waals surface area contributed by atoms with Crippen LogP contribution in [0.2, 0.25) is 0 Å². The maximum atomic E-state index is 12.4. The first-order valence-corrected chi connectivity index (χ1v) is 7.78. The molecule has 19 heavy (non-hydrogen) atoms. The fourth-order valence-electron chi connectivity index (χ4n) is 2.16. The van der Waals surface area contributed by atoms with E-state index in [1.54, 1.807) is 0 Å². The van der Waals surface area contributed by atoms with Crippen LogP contribution < -0.4 is 5.73 Å². The summed E-state index contributed by atoms with van der Waals surface area (Å²) in [6, 6.07) is 0. The van der Waals surface area contributed by atoms with E-state index in [1.807, 2.05) is 25.5 Å². The Morgan fingerprint density at radius 3 is 2.32 bits per heavy atom. The minimum absolute atomic E-state index is 0.0930. The molecule has 0 radical (unpaired) electrons. The van der Waals surface area contributed by atoms with Gasteiger partial charge < -0.3 is 5.73 Å². The van der Waals surface area contributed by atoms with Crippen LogP contribution in [0, 0.1) is 0 Å². The van der Waals surface area contributed by atoms with E-state index in [0.29, 0.717) is 19.3 Å². The van der Waals surface area contributed by atoms with E-state index >= 15 is 0 Å². The lowest BCUT2D eigenvalue weighted by atomic mass is 9.87. The van der Waals surface area contributed by atoms with Crippen LogP contribution in [0.15, 0.2) is 4.47 Å². The molecule has 0 fully saturated rings. The largest absolute Gasteiger partial charge is 0.319 e. The molecule has 0 unspecified atom stereocenters. The quantitative estimate of drug-likeness (QED) is 0.836. The standard InChI is InChI=1S/C14H24BrN3O/c1-5-10-13(15)11(18(8-4)17-10)9-12(19)14(16,6-2)7-3/h5-9,16H2,1-4H3. The summed E-state index contributed by atoms with van der Waals surface area (Å²) in [4.78, 5) is 12.4. The highest BCUT2D eigenvalue weighted by Gasteiger charge is 2.31. The average Bonchev–Trinajstić information content (AvgIpc) is 2.74. The number of Topliss-reactive ketones (excluding diaryl/α,β-unsaturated/α-hetero) is 1. The van der Waals surface area contributed by atoms with Crippen molar-refractivity contribution in [2.24, 2.45) is 5.73 Å². The third-order valence-corrected chi connectivity index (χ3v) is 4.75. The minimum Gasteiger partial charge on any atom is -0.319 e. The van der Waals surface area contributed by atoms with Crippen LogP contribution in [0.1, 0.15) is 51.9 Å². The number of hydrogen-bond acceptors (Lipinski definition) is 3. The summed E-state index contributed by atoms with van der Waals surface area (Å²) < 4.78 is 2.85. The summed E-state index contributed by atoms with van der Waals surface area (Å²) in [5.74, 6) is 0.0930. The summed E-state index contributed by atoms with van der Waals surface area (Å²) in [6.45, 7) is 8.78. The van der Waals surface area contributed by atoms with E-state index in [1.165, 1.54) is 0 Å². The number of rotatable bonds is 7. The lowest BCUT2D eigenvalue weighted by Crippen LogP contribution is -2.47. The maximum Gasteiger partial charge on any atom is 0.158 e. The number of carbonyl (C=O) groups excluding carboxylic acids is 1. The Bertz CT molecular complexity index is 450. The summed E-state index contributed by atoms with van der Waals surface area (Å²) in [5.41, 5.74) is 7.41. The molecule has 4 nitrogen and oxygen atoms in total. The van der Waals surface area contributed by atoms with Crippen LogP contribution in [0.5, 0.6) is 0 Å². The summed E-state index contributed by atoms with van der Waals surface area (Å²) in [6.07, 6.45) is 2.53. The normalized spacial score (nSPS) is 11.9. The van der Waals surface area contributed by atoms with Crippen LogP contribution in [0.25, 0.3) is 0 Å². The second-order valence-electron chi connectivity index (χ2n) is 4.84. The molecule has 0 amide bonds. The topological polar surface area (TPSA) is 60.9 Å². The predicted molar refractivity (Wildman–Crippen MR) is 81.2 cm³/mol. The first-order valence-electron chi connectivity index (χ1n) is 6.99. The second kappa shape index (κ2) is 6.66. The first kappa shape index (κ1) is 16.4. The fraction of sp³-hybridized carbons (Fsp3) is 0.714. The van der Waals surface area contributed by atoms with Gasteiger partial charge in [-0.3, -0.25) is 9.48 Å². The lowest BCUT2D eigenvalue weighted by molar-refractivity contribution is -0.123. The molecule has 1 aromatic rings. The van der Waals surface area contributed by atoms with E-state index in [-0.39, 0.29) is 5.78 Å². The van der Waals surface area contributed by atoms with Crippen LogP contribution in [0.3, 0.4) is 0 Å². The number of aryl methyl sites for hydroxylation is 2. The smallest absolute Gasteiger partial charge is 0.158 e. The molecule has 0 aliphatic rings. The number of ketones is 1. The molecule has 0 bridgehead atoms.